The lowest BCUT2D eigenvalue weighted by molar-refractivity contribution is -0.134. The topological polar surface area (TPSA) is 76.0 Å². The molecule has 2 heterocycles. The van der Waals surface area contributed by atoms with Crippen LogP contribution in [-0.2, 0) is 16.1 Å². The Morgan fingerprint density at radius 1 is 1.59 bits per heavy atom. The molecular weight excluding hydrogens is 220 g/mol. The van der Waals surface area contributed by atoms with Crippen LogP contribution in [0.3, 0.4) is 0 Å². The monoisotopic (exact) mass is 236 g/mol. The van der Waals surface area contributed by atoms with Crippen molar-refractivity contribution in [3.8, 4) is 0 Å². The molecule has 0 spiro atoms. The summed E-state index contributed by atoms with van der Waals surface area (Å²) in [6.07, 6.45) is 4.64. The molecule has 1 fully saturated rings. The fraction of sp³-hybridized carbons (Fsp3) is 0.545. The maximum Gasteiger partial charge on any atom is 0.243 e. The number of piperidine rings is 1. The SMILES string of the molecule is Cc1nccn1CCNC1CCC(=O)NC1=O. The highest BCUT2D eigenvalue weighted by atomic mass is 16.2. The van der Waals surface area contributed by atoms with Crippen LogP contribution >= 0.6 is 0 Å². The van der Waals surface area contributed by atoms with Crippen LogP contribution in [0, 0.1) is 6.92 Å². The first-order valence-corrected chi connectivity index (χ1v) is 5.71. The number of rotatable bonds is 4. The van der Waals surface area contributed by atoms with Gasteiger partial charge in [-0.25, -0.2) is 4.98 Å². The highest BCUT2D eigenvalue weighted by Crippen LogP contribution is 2.04. The van der Waals surface area contributed by atoms with Gasteiger partial charge in [-0.3, -0.25) is 14.9 Å². The minimum atomic E-state index is -0.253. The van der Waals surface area contributed by atoms with Gasteiger partial charge in [0.05, 0.1) is 6.04 Å². The summed E-state index contributed by atoms with van der Waals surface area (Å²) in [7, 11) is 0. The number of hydrogen-bond donors (Lipinski definition) is 2. The lowest BCUT2D eigenvalue weighted by Gasteiger charge is -2.22. The van der Waals surface area contributed by atoms with Crippen LogP contribution in [0.5, 0.6) is 0 Å². The molecule has 0 aliphatic carbocycles. The number of hydrogen-bond acceptors (Lipinski definition) is 4. The Morgan fingerprint density at radius 3 is 3.06 bits per heavy atom. The van der Waals surface area contributed by atoms with E-state index in [9.17, 15) is 9.59 Å². The zero-order chi connectivity index (χ0) is 12.3. The van der Waals surface area contributed by atoms with E-state index in [1.807, 2.05) is 17.7 Å². The van der Waals surface area contributed by atoms with E-state index in [-0.39, 0.29) is 17.9 Å². The molecule has 1 aliphatic heterocycles. The fourth-order valence-electron chi connectivity index (χ4n) is 1.89. The van der Waals surface area contributed by atoms with Gasteiger partial charge in [-0.2, -0.15) is 0 Å². The molecule has 0 saturated carbocycles. The molecule has 0 aromatic carbocycles. The zero-order valence-corrected chi connectivity index (χ0v) is 9.77. The molecule has 2 rings (SSSR count). The smallest absolute Gasteiger partial charge is 0.243 e. The van der Waals surface area contributed by atoms with Crippen molar-refractivity contribution in [3.05, 3.63) is 18.2 Å². The molecule has 2 amide bonds. The number of amides is 2. The Labute approximate surface area is 99.4 Å². The van der Waals surface area contributed by atoms with E-state index in [0.29, 0.717) is 19.4 Å². The molecule has 17 heavy (non-hydrogen) atoms. The van der Waals surface area contributed by atoms with Crippen molar-refractivity contribution in [2.45, 2.75) is 32.4 Å². The van der Waals surface area contributed by atoms with E-state index in [0.717, 1.165) is 12.4 Å². The summed E-state index contributed by atoms with van der Waals surface area (Å²) in [6, 6.07) is -0.253. The van der Waals surface area contributed by atoms with Gasteiger partial charge in [0.1, 0.15) is 5.82 Å². The molecule has 1 saturated heterocycles. The summed E-state index contributed by atoms with van der Waals surface area (Å²) in [5.74, 6) is 0.553. The van der Waals surface area contributed by atoms with Gasteiger partial charge >= 0.3 is 0 Å². The molecule has 1 atom stereocenters. The number of imidazole rings is 1. The second-order valence-electron chi connectivity index (χ2n) is 4.13. The molecule has 0 radical (unpaired) electrons. The minimum absolute atomic E-state index is 0.182. The normalized spacial score (nSPS) is 20.4. The van der Waals surface area contributed by atoms with E-state index in [1.54, 1.807) is 6.20 Å². The van der Waals surface area contributed by atoms with E-state index >= 15 is 0 Å². The zero-order valence-electron chi connectivity index (χ0n) is 9.77. The average molecular weight is 236 g/mol. The van der Waals surface area contributed by atoms with Crippen LogP contribution in [0.25, 0.3) is 0 Å². The predicted octanol–water partition coefficient (Wildman–Crippen LogP) is -0.414. The fourth-order valence-corrected chi connectivity index (χ4v) is 1.89. The van der Waals surface area contributed by atoms with Crippen LogP contribution in [0.4, 0.5) is 0 Å². The molecule has 6 heteroatoms. The van der Waals surface area contributed by atoms with Crippen molar-refractivity contribution < 1.29 is 9.59 Å². The van der Waals surface area contributed by atoms with Crippen LogP contribution in [0.2, 0.25) is 0 Å². The third-order valence-electron chi connectivity index (χ3n) is 2.91. The number of nitrogens with zero attached hydrogens (tertiary/aromatic N) is 2. The molecule has 6 nitrogen and oxygen atoms in total. The summed E-state index contributed by atoms with van der Waals surface area (Å²) in [5, 5.41) is 5.47. The van der Waals surface area contributed by atoms with Gasteiger partial charge < -0.3 is 9.88 Å². The quantitative estimate of drug-likeness (QED) is 0.697. The van der Waals surface area contributed by atoms with Crippen molar-refractivity contribution in [2.75, 3.05) is 6.54 Å². The van der Waals surface area contributed by atoms with E-state index in [4.69, 9.17) is 0 Å². The third kappa shape index (κ3) is 2.91. The molecule has 92 valence electrons. The minimum Gasteiger partial charge on any atom is -0.334 e. The number of aromatic nitrogens is 2. The van der Waals surface area contributed by atoms with Gasteiger partial charge in [0.15, 0.2) is 0 Å². The highest BCUT2D eigenvalue weighted by Gasteiger charge is 2.25. The Morgan fingerprint density at radius 2 is 2.41 bits per heavy atom. The predicted molar refractivity (Wildman–Crippen MR) is 61.1 cm³/mol. The first-order chi connectivity index (χ1) is 8.16. The van der Waals surface area contributed by atoms with Crippen LogP contribution in [-0.4, -0.2) is 34.0 Å². The first kappa shape index (κ1) is 11.8. The van der Waals surface area contributed by atoms with Gasteiger partial charge in [0.25, 0.3) is 0 Å². The summed E-state index contributed by atoms with van der Waals surface area (Å²) < 4.78 is 2.01. The first-order valence-electron chi connectivity index (χ1n) is 5.71. The third-order valence-corrected chi connectivity index (χ3v) is 2.91. The number of carbonyl (C=O) groups is 2. The van der Waals surface area contributed by atoms with Gasteiger partial charge in [0, 0.05) is 31.9 Å². The Kier molecular flexibility index (Phi) is 3.53. The molecule has 1 aromatic rings. The highest BCUT2D eigenvalue weighted by molar-refractivity contribution is 6.00. The molecule has 2 N–H and O–H groups in total. The van der Waals surface area contributed by atoms with E-state index in [1.165, 1.54) is 0 Å². The summed E-state index contributed by atoms with van der Waals surface area (Å²) in [5.41, 5.74) is 0. The number of imide groups is 1. The molecule has 1 aromatic heterocycles. The van der Waals surface area contributed by atoms with Gasteiger partial charge in [-0.1, -0.05) is 0 Å². The number of nitrogens with one attached hydrogen (secondary N) is 2. The number of carbonyl (C=O) groups excluding carboxylic acids is 2. The maximum atomic E-state index is 11.5. The van der Waals surface area contributed by atoms with E-state index in [2.05, 4.69) is 15.6 Å². The van der Waals surface area contributed by atoms with Crippen molar-refractivity contribution in [3.63, 3.8) is 0 Å². The second-order valence-corrected chi connectivity index (χ2v) is 4.13. The van der Waals surface area contributed by atoms with Crippen molar-refractivity contribution in [1.29, 1.82) is 0 Å². The summed E-state index contributed by atoms with van der Waals surface area (Å²) >= 11 is 0. The molecule has 0 bridgehead atoms. The second kappa shape index (κ2) is 5.09. The van der Waals surface area contributed by atoms with Gasteiger partial charge in [-0.05, 0) is 13.3 Å². The average Bonchev–Trinajstić information content (AvgIpc) is 2.68. The Bertz CT molecular complexity index is 427. The molecule has 1 aliphatic rings. The maximum absolute atomic E-state index is 11.5. The van der Waals surface area contributed by atoms with Crippen LogP contribution in [0.1, 0.15) is 18.7 Å². The molecule has 1 unspecified atom stereocenters. The van der Waals surface area contributed by atoms with Crippen molar-refractivity contribution in [1.82, 2.24) is 20.2 Å². The Hall–Kier alpha value is -1.69. The summed E-state index contributed by atoms with van der Waals surface area (Å²) in [6.45, 7) is 3.39. The van der Waals surface area contributed by atoms with Crippen molar-refractivity contribution in [2.24, 2.45) is 0 Å². The van der Waals surface area contributed by atoms with Crippen LogP contribution < -0.4 is 10.6 Å². The Balaban J connectivity index is 1.77. The summed E-state index contributed by atoms with van der Waals surface area (Å²) in [4.78, 5) is 26.5. The van der Waals surface area contributed by atoms with Gasteiger partial charge in [0.2, 0.25) is 11.8 Å². The van der Waals surface area contributed by atoms with E-state index < -0.39 is 0 Å². The standard InChI is InChI=1S/C11H16N4O2/c1-8-12-4-6-15(8)7-5-13-9-2-3-10(16)14-11(9)17/h4,6,9,13H,2-3,5,7H2,1H3,(H,14,16,17). The lowest BCUT2D eigenvalue weighted by Crippen LogP contribution is -2.51. The van der Waals surface area contributed by atoms with Crippen LogP contribution in [0.15, 0.2) is 12.4 Å². The lowest BCUT2D eigenvalue weighted by atomic mass is 10.1. The van der Waals surface area contributed by atoms with Crippen molar-refractivity contribution >= 4 is 11.8 Å². The largest absolute Gasteiger partial charge is 0.334 e. The van der Waals surface area contributed by atoms with Gasteiger partial charge in [-0.15, -0.1) is 0 Å². The molecular formula is C11H16N4O2. The number of aryl methyl sites for hydroxylation is 1.